The molecule has 1 amide bonds. The van der Waals surface area contributed by atoms with Crippen molar-refractivity contribution in [3.05, 3.63) is 50.5 Å². The summed E-state index contributed by atoms with van der Waals surface area (Å²) in [7, 11) is 0. The number of phenolic OH excluding ortho intramolecular Hbond substituents is 1. The van der Waals surface area contributed by atoms with Crippen LogP contribution < -0.4 is 15.8 Å². The van der Waals surface area contributed by atoms with E-state index in [2.05, 4.69) is 10.1 Å². The molecule has 2 rings (SSSR count). The Labute approximate surface area is 195 Å². The van der Waals surface area contributed by atoms with E-state index >= 15 is 0 Å². The van der Waals surface area contributed by atoms with Crippen molar-refractivity contribution in [1.29, 1.82) is 0 Å². The highest BCUT2D eigenvalue weighted by Crippen LogP contribution is 2.42. The number of benzene rings is 2. The first-order valence-corrected chi connectivity index (χ1v) is 10.4. The summed E-state index contributed by atoms with van der Waals surface area (Å²) in [5.74, 6) is -1.67. The van der Waals surface area contributed by atoms with Crippen LogP contribution in [0.5, 0.6) is 17.2 Å². The number of carbonyl (C=O) groups excluding carboxylic acids is 3. The normalized spacial score (nSPS) is 10.8. The minimum atomic E-state index is -0.952. The molecule has 0 saturated carbocycles. The number of nitrogens with two attached hydrogens (primary N) is 1. The number of hydrogen-bond donors (Lipinski definition) is 3. The van der Waals surface area contributed by atoms with E-state index in [1.807, 2.05) is 13.8 Å². The lowest BCUT2D eigenvalue weighted by Crippen LogP contribution is -2.33. The van der Waals surface area contributed by atoms with Crippen LogP contribution in [-0.4, -0.2) is 36.0 Å². The number of aromatic hydroxyl groups is 1. The van der Waals surface area contributed by atoms with Gasteiger partial charge in [0.25, 0.3) is 5.91 Å². The molecule has 8 nitrogen and oxygen atoms in total. The molecule has 2 aromatic rings. The molecule has 0 spiro atoms. The Morgan fingerprint density at radius 2 is 1.78 bits per heavy atom. The SMILES string of the molecule is Cc1cc(Oc2c(Cl)cc(C(=O)NCC(=O)OC(=O)CN)c(C)c2Cl)cc(C(C)C)c1O. The van der Waals surface area contributed by atoms with Gasteiger partial charge in [0.1, 0.15) is 18.0 Å². The van der Waals surface area contributed by atoms with Crippen molar-refractivity contribution in [1.82, 2.24) is 5.32 Å². The molecule has 2 aromatic carbocycles. The lowest BCUT2D eigenvalue weighted by molar-refractivity contribution is -0.157. The summed E-state index contributed by atoms with van der Waals surface area (Å²) in [6, 6.07) is 4.71. The van der Waals surface area contributed by atoms with E-state index in [4.69, 9.17) is 33.7 Å². The Hall–Kier alpha value is -2.81. The molecule has 10 heteroatoms. The van der Waals surface area contributed by atoms with E-state index in [0.717, 1.165) is 0 Å². The molecule has 0 aromatic heterocycles. The summed E-state index contributed by atoms with van der Waals surface area (Å²) in [6.45, 7) is 6.24. The Bertz CT molecular complexity index is 1070. The monoisotopic (exact) mass is 482 g/mol. The van der Waals surface area contributed by atoms with Gasteiger partial charge in [-0.25, -0.2) is 4.79 Å². The number of amides is 1. The Kier molecular flexibility index (Phi) is 8.49. The van der Waals surface area contributed by atoms with Crippen molar-refractivity contribution >= 4 is 41.0 Å². The molecule has 0 atom stereocenters. The zero-order valence-electron chi connectivity index (χ0n) is 18.0. The van der Waals surface area contributed by atoms with Crippen molar-refractivity contribution < 1.29 is 29.0 Å². The van der Waals surface area contributed by atoms with Crippen LogP contribution in [0.15, 0.2) is 18.2 Å². The third kappa shape index (κ3) is 5.91. The van der Waals surface area contributed by atoms with Crippen LogP contribution in [0.3, 0.4) is 0 Å². The fourth-order valence-electron chi connectivity index (χ4n) is 2.87. The molecular weight excluding hydrogens is 459 g/mol. The molecule has 0 saturated heterocycles. The number of rotatable bonds is 7. The quantitative estimate of drug-likeness (QED) is 0.401. The molecule has 0 radical (unpaired) electrons. The highest BCUT2D eigenvalue weighted by atomic mass is 35.5. The van der Waals surface area contributed by atoms with Gasteiger partial charge in [0.15, 0.2) is 5.75 Å². The Morgan fingerprint density at radius 1 is 1.12 bits per heavy atom. The lowest BCUT2D eigenvalue weighted by atomic mass is 9.99. The summed E-state index contributed by atoms with van der Waals surface area (Å²) >= 11 is 12.8. The number of phenols is 1. The summed E-state index contributed by atoms with van der Waals surface area (Å²) in [5, 5.41) is 12.8. The third-order valence-electron chi connectivity index (χ3n) is 4.60. The van der Waals surface area contributed by atoms with E-state index in [1.165, 1.54) is 6.07 Å². The van der Waals surface area contributed by atoms with Gasteiger partial charge < -0.3 is 25.6 Å². The summed E-state index contributed by atoms with van der Waals surface area (Å²) in [5.41, 5.74) is 6.89. The average Bonchev–Trinajstić information content (AvgIpc) is 2.73. The van der Waals surface area contributed by atoms with Gasteiger partial charge in [0.2, 0.25) is 0 Å². The first kappa shape index (κ1) is 25.5. The van der Waals surface area contributed by atoms with Gasteiger partial charge in [-0.3, -0.25) is 9.59 Å². The van der Waals surface area contributed by atoms with Gasteiger partial charge in [-0.2, -0.15) is 0 Å². The molecule has 172 valence electrons. The topological polar surface area (TPSA) is 128 Å². The highest BCUT2D eigenvalue weighted by molar-refractivity contribution is 6.38. The van der Waals surface area contributed by atoms with E-state index in [0.29, 0.717) is 22.4 Å². The van der Waals surface area contributed by atoms with Crippen LogP contribution in [-0.2, 0) is 14.3 Å². The maximum atomic E-state index is 12.5. The molecule has 0 unspecified atom stereocenters. The predicted octanol–water partition coefficient (Wildman–Crippen LogP) is 3.99. The number of nitrogens with one attached hydrogen (secondary N) is 1. The van der Waals surface area contributed by atoms with Crippen molar-refractivity contribution in [3.63, 3.8) is 0 Å². The summed E-state index contributed by atoms with van der Waals surface area (Å²) in [6.07, 6.45) is 0. The fourth-order valence-corrected chi connectivity index (χ4v) is 3.40. The van der Waals surface area contributed by atoms with Crippen molar-refractivity contribution in [2.24, 2.45) is 5.73 Å². The molecule has 4 N–H and O–H groups in total. The second kappa shape index (κ2) is 10.7. The van der Waals surface area contributed by atoms with Gasteiger partial charge in [-0.15, -0.1) is 0 Å². The summed E-state index contributed by atoms with van der Waals surface area (Å²) < 4.78 is 10.3. The maximum Gasteiger partial charge on any atom is 0.333 e. The first-order chi connectivity index (χ1) is 15.0. The minimum absolute atomic E-state index is 0.0582. The molecule has 32 heavy (non-hydrogen) atoms. The molecule has 0 aliphatic carbocycles. The molecular formula is C22H24Cl2N2O6. The number of aryl methyl sites for hydroxylation is 1. The van der Waals surface area contributed by atoms with Crippen LogP contribution in [0, 0.1) is 13.8 Å². The van der Waals surface area contributed by atoms with Gasteiger partial charge in [0.05, 0.1) is 16.6 Å². The van der Waals surface area contributed by atoms with Crippen LogP contribution in [0.25, 0.3) is 0 Å². The number of halogens is 2. The summed E-state index contributed by atoms with van der Waals surface area (Å²) in [4.78, 5) is 35.1. The lowest BCUT2D eigenvalue weighted by Gasteiger charge is -2.17. The fraction of sp³-hybridized carbons (Fsp3) is 0.318. The van der Waals surface area contributed by atoms with Crippen molar-refractivity contribution in [2.45, 2.75) is 33.6 Å². The van der Waals surface area contributed by atoms with Gasteiger partial charge in [-0.05, 0) is 49.1 Å². The smallest absolute Gasteiger partial charge is 0.333 e. The zero-order valence-corrected chi connectivity index (χ0v) is 19.6. The highest BCUT2D eigenvalue weighted by Gasteiger charge is 2.21. The molecule has 0 fully saturated rings. The molecule has 0 bridgehead atoms. The number of carbonyl (C=O) groups is 3. The van der Waals surface area contributed by atoms with E-state index in [-0.39, 0.29) is 33.0 Å². The number of hydrogen-bond acceptors (Lipinski definition) is 7. The second-order valence-electron chi connectivity index (χ2n) is 7.34. The third-order valence-corrected chi connectivity index (χ3v) is 5.33. The number of ether oxygens (including phenoxy) is 2. The van der Waals surface area contributed by atoms with Crippen molar-refractivity contribution in [3.8, 4) is 17.2 Å². The van der Waals surface area contributed by atoms with Crippen LogP contribution in [0.1, 0.15) is 46.8 Å². The van der Waals surface area contributed by atoms with Crippen LogP contribution in [0.4, 0.5) is 0 Å². The largest absolute Gasteiger partial charge is 0.507 e. The second-order valence-corrected chi connectivity index (χ2v) is 8.13. The Balaban J connectivity index is 2.27. The molecule has 0 heterocycles. The zero-order chi connectivity index (χ0) is 24.2. The van der Waals surface area contributed by atoms with Crippen LogP contribution in [0.2, 0.25) is 10.0 Å². The average molecular weight is 483 g/mol. The molecule has 0 aliphatic rings. The number of esters is 2. The standard InChI is InChI=1S/C22H24Cl2N2O6/c1-10(2)14-6-13(5-11(3)20(14)29)31-21-16(23)7-15(12(4)19(21)24)22(30)26-9-18(28)32-17(27)8-25/h5-7,10,29H,8-9,25H2,1-4H3,(H,26,30). The van der Waals surface area contributed by atoms with E-state index in [9.17, 15) is 19.5 Å². The van der Waals surface area contributed by atoms with Crippen molar-refractivity contribution in [2.75, 3.05) is 13.1 Å². The van der Waals surface area contributed by atoms with Gasteiger partial charge in [0, 0.05) is 11.1 Å². The van der Waals surface area contributed by atoms with E-state index in [1.54, 1.807) is 26.0 Å². The maximum absolute atomic E-state index is 12.5. The predicted molar refractivity (Wildman–Crippen MR) is 121 cm³/mol. The minimum Gasteiger partial charge on any atom is -0.507 e. The van der Waals surface area contributed by atoms with Gasteiger partial charge in [-0.1, -0.05) is 37.0 Å². The van der Waals surface area contributed by atoms with E-state index < -0.39 is 30.9 Å². The van der Waals surface area contributed by atoms with Gasteiger partial charge >= 0.3 is 11.9 Å². The molecule has 0 aliphatic heterocycles. The first-order valence-electron chi connectivity index (χ1n) is 9.67. The Morgan fingerprint density at radius 3 is 2.38 bits per heavy atom. The van der Waals surface area contributed by atoms with Crippen LogP contribution >= 0.6 is 23.2 Å².